The minimum absolute atomic E-state index is 0.0285. The van der Waals surface area contributed by atoms with E-state index in [2.05, 4.69) is 16.9 Å². The summed E-state index contributed by atoms with van der Waals surface area (Å²) in [6, 6.07) is 3.51. The monoisotopic (exact) mass is 403 g/mol. The Balaban J connectivity index is 2.15. The largest absolute Gasteiger partial charge is 0.496 e. The zero-order chi connectivity index (χ0) is 20.3. The average Bonchev–Trinajstić information content (AvgIpc) is 3.50. The van der Waals surface area contributed by atoms with Crippen LogP contribution in [0.3, 0.4) is 0 Å². The Labute approximate surface area is 167 Å². The van der Waals surface area contributed by atoms with E-state index in [9.17, 15) is 8.68 Å². The number of hydrogen-bond acceptors (Lipinski definition) is 5. The molecule has 0 atom stereocenters. The highest BCUT2D eigenvalue weighted by Gasteiger charge is 2.30. The van der Waals surface area contributed by atoms with Crippen molar-refractivity contribution in [3.05, 3.63) is 54.1 Å². The Hall–Kier alpha value is -2.74. The van der Waals surface area contributed by atoms with Crippen LogP contribution in [0.5, 0.6) is 0 Å². The van der Waals surface area contributed by atoms with Gasteiger partial charge in [0.05, 0.1) is 19.8 Å². The summed E-state index contributed by atoms with van der Waals surface area (Å²) >= 11 is 0.0285. The number of carbonyl (C=O) groups is 1. The van der Waals surface area contributed by atoms with Crippen molar-refractivity contribution in [2.45, 2.75) is 19.8 Å². The third-order valence-corrected chi connectivity index (χ3v) is 4.97. The number of halogens is 1. The number of nitrogens with zero attached hydrogens (tertiary/aromatic N) is 2. The molecule has 0 radical (unpaired) electrons. The van der Waals surface area contributed by atoms with E-state index in [1.807, 2.05) is 6.92 Å². The van der Waals surface area contributed by atoms with Crippen molar-refractivity contribution < 1.29 is 18.2 Å². The van der Waals surface area contributed by atoms with Crippen molar-refractivity contribution in [3.8, 4) is 0 Å². The second-order valence-electron chi connectivity index (χ2n) is 6.27. The van der Waals surface area contributed by atoms with Gasteiger partial charge in [0.25, 0.3) is 0 Å². The van der Waals surface area contributed by atoms with Gasteiger partial charge < -0.3 is 14.8 Å². The van der Waals surface area contributed by atoms with Crippen molar-refractivity contribution in [3.63, 3.8) is 0 Å². The topological polar surface area (TPSA) is 65.4 Å². The van der Waals surface area contributed by atoms with E-state index in [0.29, 0.717) is 39.5 Å². The van der Waals surface area contributed by atoms with Gasteiger partial charge in [-0.25, -0.2) is 8.96 Å². The van der Waals surface area contributed by atoms with Crippen LogP contribution >= 0.6 is 12.3 Å². The first-order chi connectivity index (χ1) is 13.6. The molecule has 0 spiro atoms. The first-order valence-corrected chi connectivity index (χ1v) is 9.49. The van der Waals surface area contributed by atoms with Crippen LogP contribution in [0.4, 0.5) is 9.70 Å². The van der Waals surface area contributed by atoms with Gasteiger partial charge in [-0.2, -0.15) is 0 Å². The number of fused-ring (bicyclic) bond motifs is 1. The third-order valence-electron chi connectivity index (χ3n) is 4.54. The molecule has 3 rings (SSSR count). The second-order valence-corrected chi connectivity index (χ2v) is 6.80. The summed E-state index contributed by atoms with van der Waals surface area (Å²) < 4.78 is 25.9. The number of nitrogens with one attached hydrogen (secondary N) is 1. The van der Waals surface area contributed by atoms with Crippen molar-refractivity contribution in [1.82, 2.24) is 8.96 Å². The molecule has 0 unspecified atom stereocenters. The Morgan fingerprint density at radius 2 is 2.14 bits per heavy atom. The van der Waals surface area contributed by atoms with E-state index in [-0.39, 0.29) is 24.2 Å². The first-order valence-electron chi connectivity index (χ1n) is 8.81. The van der Waals surface area contributed by atoms with Crippen LogP contribution in [0, 0.1) is 5.92 Å². The number of rotatable bonds is 8. The van der Waals surface area contributed by atoms with Crippen LogP contribution in [-0.4, -0.2) is 29.1 Å². The first kappa shape index (κ1) is 20.0. The van der Waals surface area contributed by atoms with Crippen LogP contribution in [0.25, 0.3) is 16.6 Å². The summed E-state index contributed by atoms with van der Waals surface area (Å²) in [5, 5.41) is 3.48. The molecular formula is C20H22FN3O3S. The molecule has 1 N–H and O–H groups in total. The van der Waals surface area contributed by atoms with Crippen LogP contribution < -0.4 is 5.32 Å². The minimum atomic E-state index is -0.0532. The molecule has 1 saturated carbocycles. The van der Waals surface area contributed by atoms with E-state index in [1.165, 1.54) is 11.1 Å². The molecular weight excluding hydrogens is 381 g/mol. The zero-order valence-electron chi connectivity index (χ0n) is 16.0. The Morgan fingerprint density at radius 1 is 1.39 bits per heavy atom. The summed E-state index contributed by atoms with van der Waals surface area (Å²) in [5.41, 5.74) is 1.70. The number of hydrogen-bond donors (Lipinski definition) is 1. The van der Waals surface area contributed by atoms with E-state index < -0.39 is 0 Å². The number of carbonyl (C=O) groups excluding carboxylic acids is 1. The van der Waals surface area contributed by atoms with E-state index in [4.69, 9.17) is 9.47 Å². The number of ether oxygens (including phenoxy) is 2. The maximum Gasteiger partial charge on any atom is 0.228 e. The standard InChI is InChI=1S/C20H22FN3O3S/c1-5-15(26-3)18(16(6-2)27-4)14-11-24(28-21)19-13(14)9-10-17(22-19)23-20(25)12-7-8-12/h5-6,9-12H,1,7-8H2,2-4H3,(H,22,23,25)/b16-6+,18-15+. The molecule has 148 valence electrons. The lowest BCUT2D eigenvalue weighted by Gasteiger charge is -2.14. The minimum Gasteiger partial charge on any atom is -0.496 e. The number of pyridine rings is 1. The predicted molar refractivity (Wildman–Crippen MR) is 110 cm³/mol. The highest BCUT2D eigenvalue weighted by atomic mass is 32.2. The van der Waals surface area contributed by atoms with Gasteiger partial charge in [-0.3, -0.25) is 4.79 Å². The average molecular weight is 403 g/mol. The van der Waals surface area contributed by atoms with Crippen molar-refractivity contribution in [1.29, 1.82) is 0 Å². The fourth-order valence-electron chi connectivity index (χ4n) is 3.01. The smallest absolute Gasteiger partial charge is 0.228 e. The van der Waals surface area contributed by atoms with E-state index in [0.717, 1.165) is 12.8 Å². The lowest BCUT2D eigenvalue weighted by molar-refractivity contribution is -0.117. The molecule has 0 aromatic carbocycles. The summed E-state index contributed by atoms with van der Waals surface area (Å²) in [6.45, 7) is 5.63. The van der Waals surface area contributed by atoms with E-state index >= 15 is 0 Å². The maximum absolute atomic E-state index is 13.6. The summed E-state index contributed by atoms with van der Waals surface area (Å²) in [5.74, 6) is 1.45. The number of methoxy groups -OCH3 is 2. The molecule has 0 bridgehead atoms. The lowest BCUT2D eigenvalue weighted by atomic mass is 10.0. The van der Waals surface area contributed by atoms with Gasteiger partial charge in [-0.1, -0.05) is 6.58 Å². The van der Waals surface area contributed by atoms with Crippen LogP contribution in [0.2, 0.25) is 0 Å². The molecule has 1 aliphatic carbocycles. The van der Waals surface area contributed by atoms with Crippen LogP contribution in [0.15, 0.2) is 48.6 Å². The molecule has 1 aliphatic rings. The van der Waals surface area contributed by atoms with Gasteiger partial charge in [0.15, 0.2) is 18.0 Å². The Morgan fingerprint density at radius 3 is 2.68 bits per heavy atom. The summed E-state index contributed by atoms with van der Waals surface area (Å²) in [6.07, 6.45) is 6.78. The predicted octanol–water partition coefficient (Wildman–Crippen LogP) is 4.86. The van der Waals surface area contributed by atoms with Crippen LogP contribution in [-0.2, 0) is 14.3 Å². The molecule has 0 saturated heterocycles. The van der Waals surface area contributed by atoms with Crippen LogP contribution in [0.1, 0.15) is 25.3 Å². The highest BCUT2D eigenvalue weighted by Crippen LogP contribution is 2.37. The van der Waals surface area contributed by atoms with Gasteiger partial charge in [-0.05, 0) is 44.1 Å². The Kier molecular flexibility index (Phi) is 6.08. The summed E-state index contributed by atoms with van der Waals surface area (Å²) in [4.78, 5) is 16.5. The quantitative estimate of drug-likeness (QED) is 0.504. The molecule has 2 heterocycles. The number of anilines is 1. The van der Waals surface area contributed by atoms with Crippen molar-refractivity contribution in [2.75, 3.05) is 19.5 Å². The molecule has 1 fully saturated rings. The van der Waals surface area contributed by atoms with Gasteiger partial charge in [0.1, 0.15) is 17.3 Å². The lowest BCUT2D eigenvalue weighted by Crippen LogP contribution is -2.14. The normalized spacial score (nSPS) is 15.2. The van der Waals surface area contributed by atoms with Gasteiger partial charge in [-0.15, -0.1) is 3.89 Å². The van der Waals surface area contributed by atoms with Gasteiger partial charge >= 0.3 is 0 Å². The number of amides is 1. The molecule has 0 aliphatic heterocycles. The number of aromatic nitrogens is 2. The molecule has 2 aromatic heterocycles. The Bertz CT molecular complexity index is 976. The maximum atomic E-state index is 13.6. The third kappa shape index (κ3) is 3.77. The van der Waals surface area contributed by atoms with Crippen molar-refractivity contribution >= 4 is 40.7 Å². The SMILES string of the molecule is C=C/C(OC)=C(\C(=C/C)OC)c1cn(SF)c2nc(NC(=O)C3CC3)ccc12. The molecule has 1 amide bonds. The molecule has 8 heteroatoms. The number of allylic oxidation sites excluding steroid dienone is 3. The fraction of sp³-hybridized carbons (Fsp3) is 0.300. The molecule has 28 heavy (non-hydrogen) atoms. The molecule has 2 aromatic rings. The zero-order valence-corrected chi connectivity index (χ0v) is 16.8. The second kappa shape index (κ2) is 8.52. The van der Waals surface area contributed by atoms with Gasteiger partial charge in [0, 0.05) is 23.1 Å². The van der Waals surface area contributed by atoms with E-state index in [1.54, 1.807) is 37.6 Å². The van der Waals surface area contributed by atoms with Gasteiger partial charge in [0.2, 0.25) is 5.91 Å². The summed E-state index contributed by atoms with van der Waals surface area (Å²) in [7, 11) is 3.09. The highest BCUT2D eigenvalue weighted by molar-refractivity contribution is 7.92. The van der Waals surface area contributed by atoms with Crippen molar-refractivity contribution in [2.24, 2.45) is 5.92 Å². The fourth-order valence-corrected chi connectivity index (χ4v) is 3.36. The molecule has 6 nitrogen and oxygen atoms in total.